The molecule has 2 rings (SSSR count). The van der Waals surface area contributed by atoms with Gasteiger partial charge >= 0.3 is 0 Å². The van der Waals surface area contributed by atoms with Crippen molar-refractivity contribution in [2.45, 2.75) is 52.6 Å². The molecular weight excluding hydrogens is 421 g/mol. The number of nitrogens with zero attached hydrogens (tertiary/aromatic N) is 3. The van der Waals surface area contributed by atoms with E-state index in [1.807, 2.05) is 6.20 Å². The number of rotatable bonds is 7. The highest BCUT2D eigenvalue weighted by molar-refractivity contribution is 14.0. The summed E-state index contributed by atoms with van der Waals surface area (Å²) in [7, 11) is 0. The molecule has 2 N–H and O–H groups in total. The molecule has 5 nitrogen and oxygen atoms in total. The van der Waals surface area contributed by atoms with Gasteiger partial charge in [-0.05, 0) is 39.3 Å². The summed E-state index contributed by atoms with van der Waals surface area (Å²) in [6, 6.07) is 0.639. The Bertz CT molecular complexity index is 477. The fraction of sp³-hybridized carbons (Fsp3) is 0.750. The summed E-state index contributed by atoms with van der Waals surface area (Å²) >= 11 is 1.76. The predicted molar refractivity (Wildman–Crippen MR) is 110 cm³/mol. The van der Waals surface area contributed by atoms with E-state index in [1.165, 1.54) is 24.3 Å². The van der Waals surface area contributed by atoms with Crippen LogP contribution in [0.2, 0.25) is 0 Å². The van der Waals surface area contributed by atoms with E-state index in [9.17, 15) is 0 Å². The van der Waals surface area contributed by atoms with E-state index in [1.54, 1.807) is 11.3 Å². The van der Waals surface area contributed by atoms with E-state index in [2.05, 4.69) is 46.3 Å². The van der Waals surface area contributed by atoms with E-state index >= 15 is 0 Å². The number of thiazole rings is 1. The highest BCUT2D eigenvalue weighted by Gasteiger charge is 2.22. The van der Waals surface area contributed by atoms with Crippen LogP contribution >= 0.6 is 35.3 Å². The number of nitrogens with one attached hydrogen (secondary N) is 2. The number of aryl methyl sites for hydroxylation is 1. The fourth-order valence-corrected chi connectivity index (χ4v) is 3.62. The number of aliphatic imine (C=N–C) groups is 1. The molecule has 1 aromatic rings. The van der Waals surface area contributed by atoms with Crippen LogP contribution in [0, 0.1) is 0 Å². The molecular formula is C16H30IN5S. The molecule has 0 aromatic carbocycles. The van der Waals surface area contributed by atoms with Crippen molar-refractivity contribution in [1.82, 2.24) is 20.5 Å². The molecule has 23 heavy (non-hydrogen) atoms. The number of likely N-dealkylation sites (N-methyl/N-ethyl adjacent to an activating group) is 1. The molecule has 0 saturated carbocycles. The number of likely N-dealkylation sites (tertiary alicyclic amines) is 1. The molecule has 1 aliphatic heterocycles. The summed E-state index contributed by atoms with van der Waals surface area (Å²) in [6.45, 7) is 11.4. The predicted octanol–water partition coefficient (Wildman–Crippen LogP) is 2.86. The average Bonchev–Trinajstić information content (AvgIpc) is 3.18. The van der Waals surface area contributed by atoms with E-state index in [0.29, 0.717) is 12.6 Å². The topological polar surface area (TPSA) is 52.6 Å². The van der Waals surface area contributed by atoms with E-state index < -0.39 is 0 Å². The Labute approximate surface area is 161 Å². The number of halogens is 1. The lowest BCUT2D eigenvalue weighted by Crippen LogP contribution is -2.44. The standard InChI is InChI=1S/C16H29N5S.HI/c1-4-14-11-18-15(22-14)12-20-16(17-5-2)19-10-13-8-7-9-21(13)6-3;/h11,13H,4-10,12H2,1-3H3,(H2,17,19,20);1H. The molecule has 132 valence electrons. The maximum absolute atomic E-state index is 4.67. The van der Waals surface area contributed by atoms with E-state index in [0.717, 1.165) is 37.0 Å². The fourth-order valence-electron chi connectivity index (χ4n) is 2.83. The zero-order valence-electron chi connectivity index (χ0n) is 14.5. The van der Waals surface area contributed by atoms with Crippen LogP contribution in [-0.2, 0) is 13.0 Å². The normalized spacial score (nSPS) is 18.7. The first kappa shape index (κ1) is 20.6. The summed E-state index contributed by atoms with van der Waals surface area (Å²) < 4.78 is 0. The van der Waals surface area contributed by atoms with Crippen molar-refractivity contribution in [3.63, 3.8) is 0 Å². The van der Waals surface area contributed by atoms with Gasteiger partial charge in [-0.15, -0.1) is 35.3 Å². The lowest BCUT2D eigenvalue weighted by Gasteiger charge is -2.23. The van der Waals surface area contributed by atoms with Crippen LogP contribution in [0.4, 0.5) is 0 Å². The zero-order valence-corrected chi connectivity index (χ0v) is 17.6. The minimum absolute atomic E-state index is 0. The third-order valence-electron chi connectivity index (χ3n) is 4.08. The number of aromatic nitrogens is 1. The van der Waals surface area contributed by atoms with Gasteiger partial charge in [0.15, 0.2) is 5.96 Å². The highest BCUT2D eigenvalue weighted by Crippen LogP contribution is 2.16. The van der Waals surface area contributed by atoms with Gasteiger partial charge in [0.25, 0.3) is 0 Å². The van der Waals surface area contributed by atoms with E-state index in [4.69, 9.17) is 0 Å². The Morgan fingerprint density at radius 1 is 1.39 bits per heavy atom. The lowest BCUT2D eigenvalue weighted by atomic mass is 10.2. The second-order valence-electron chi connectivity index (χ2n) is 5.57. The van der Waals surface area contributed by atoms with Crippen LogP contribution in [-0.4, -0.2) is 48.1 Å². The molecule has 7 heteroatoms. The summed E-state index contributed by atoms with van der Waals surface area (Å²) in [6.07, 6.45) is 5.61. The third kappa shape index (κ3) is 6.54. The molecule has 1 fully saturated rings. The van der Waals surface area contributed by atoms with Crippen LogP contribution in [0.1, 0.15) is 43.5 Å². The highest BCUT2D eigenvalue weighted by atomic mass is 127. The van der Waals surface area contributed by atoms with Crippen LogP contribution in [0.3, 0.4) is 0 Å². The molecule has 0 spiro atoms. The maximum atomic E-state index is 4.67. The average molecular weight is 451 g/mol. The van der Waals surface area contributed by atoms with Crippen molar-refractivity contribution >= 4 is 41.3 Å². The van der Waals surface area contributed by atoms with Gasteiger partial charge in [0.2, 0.25) is 0 Å². The summed E-state index contributed by atoms with van der Waals surface area (Å²) in [5.41, 5.74) is 0. The van der Waals surface area contributed by atoms with Gasteiger partial charge in [0, 0.05) is 30.2 Å². The second kappa shape index (κ2) is 11.2. The molecule has 2 heterocycles. The molecule has 1 aliphatic rings. The van der Waals surface area contributed by atoms with Gasteiger partial charge in [-0.1, -0.05) is 13.8 Å². The van der Waals surface area contributed by atoms with Crippen LogP contribution < -0.4 is 10.6 Å². The van der Waals surface area contributed by atoms with Crippen molar-refractivity contribution in [3.8, 4) is 0 Å². The van der Waals surface area contributed by atoms with Gasteiger partial charge < -0.3 is 10.6 Å². The Morgan fingerprint density at radius 2 is 2.22 bits per heavy atom. The van der Waals surface area contributed by atoms with Gasteiger partial charge in [-0.25, -0.2) is 9.98 Å². The van der Waals surface area contributed by atoms with Gasteiger partial charge in [0.05, 0.1) is 6.54 Å². The van der Waals surface area contributed by atoms with Crippen molar-refractivity contribution in [2.24, 2.45) is 4.99 Å². The third-order valence-corrected chi connectivity index (χ3v) is 5.20. The number of hydrogen-bond donors (Lipinski definition) is 2. The number of guanidine groups is 1. The maximum Gasteiger partial charge on any atom is 0.191 e. The smallest absolute Gasteiger partial charge is 0.191 e. The quantitative estimate of drug-likeness (QED) is 0.381. The SMILES string of the molecule is CCNC(=NCc1ncc(CC)s1)NCC1CCCN1CC.I. The first-order valence-corrected chi connectivity index (χ1v) is 9.28. The Kier molecular flexibility index (Phi) is 10.0. The van der Waals surface area contributed by atoms with Crippen molar-refractivity contribution in [1.29, 1.82) is 0 Å². The molecule has 0 bridgehead atoms. The van der Waals surface area contributed by atoms with Gasteiger partial charge in [0.1, 0.15) is 5.01 Å². The molecule has 0 radical (unpaired) electrons. The van der Waals surface area contributed by atoms with E-state index in [-0.39, 0.29) is 24.0 Å². The molecule has 1 aromatic heterocycles. The Hall–Kier alpha value is -0.410. The zero-order chi connectivity index (χ0) is 15.8. The minimum Gasteiger partial charge on any atom is -0.357 e. The van der Waals surface area contributed by atoms with Crippen molar-refractivity contribution < 1.29 is 0 Å². The molecule has 1 unspecified atom stereocenters. The monoisotopic (exact) mass is 451 g/mol. The first-order valence-electron chi connectivity index (χ1n) is 8.46. The van der Waals surface area contributed by atoms with Crippen LogP contribution in [0.15, 0.2) is 11.2 Å². The largest absolute Gasteiger partial charge is 0.357 e. The van der Waals surface area contributed by atoms with Crippen molar-refractivity contribution in [2.75, 3.05) is 26.2 Å². The summed E-state index contributed by atoms with van der Waals surface area (Å²) in [5, 5.41) is 7.91. The lowest BCUT2D eigenvalue weighted by molar-refractivity contribution is 0.267. The second-order valence-corrected chi connectivity index (χ2v) is 6.77. The van der Waals surface area contributed by atoms with Crippen molar-refractivity contribution in [3.05, 3.63) is 16.1 Å². The number of hydrogen-bond acceptors (Lipinski definition) is 4. The molecule has 1 saturated heterocycles. The van der Waals surface area contributed by atoms with Gasteiger partial charge in [-0.2, -0.15) is 0 Å². The Morgan fingerprint density at radius 3 is 2.87 bits per heavy atom. The van der Waals surface area contributed by atoms with Gasteiger partial charge in [-0.3, -0.25) is 4.90 Å². The minimum atomic E-state index is 0. The molecule has 1 atom stereocenters. The van der Waals surface area contributed by atoms with Crippen LogP contribution in [0.25, 0.3) is 0 Å². The summed E-state index contributed by atoms with van der Waals surface area (Å²) in [5.74, 6) is 0.902. The molecule has 0 amide bonds. The molecule has 0 aliphatic carbocycles. The first-order chi connectivity index (χ1) is 10.8. The van der Waals surface area contributed by atoms with Crippen LogP contribution in [0.5, 0.6) is 0 Å². The Balaban J connectivity index is 0.00000264. The summed E-state index contributed by atoms with van der Waals surface area (Å²) in [4.78, 5) is 13.0.